The molecule has 1 aromatic heterocycles. The molecule has 12 heteroatoms. The fourth-order valence-electron chi connectivity index (χ4n) is 4.31. The minimum Gasteiger partial charge on any atom is -0.492 e. The molecule has 1 atom stereocenters. The van der Waals surface area contributed by atoms with E-state index in [1.807, 2.05) is 7.05 Å². The van der Waals surface area contributed by atoms with E-state index in [-0.39, 0.29) is 11.0 Å². The van der Waals surface area contributed by atoms with E-state index >= 15 is 0 Å². The molecular formula is C29H31F2N3O6S. The first-order chi connectivity index (χ1) is 19.6. The zero-order valence-corrected chi connectivity index (χ0v) is 23.5. The largest absolute Gasteiger partial charge is 0.492 e. The number of hydrogen-bond donors (Lipinski definition) is 1. The summed E-state index contributed by atoms with van der Waals surface area (Å²) in [5.41, 5.74) is -0.286. The number of nitrogens with one attached hydrogen (secondary N) is 1. The predicted molar refractivity (Wildman–Crippen MR) is 145 cm³/mol. The highest BCUT2D eigenvalue weighted by atomic mass is 32.2. The second-order valence-corrected chi connectivity index (χ2v) is 12.0. The Labute approximate surface area is 237 Å². The molecule has 9 nitrogen and oxygen atoms in total. The average molecular weight is 588 g/mol. The monoisotopic (exact) mass is 587 g/mol. The predicted octanol–water partition coefficient (Wildman–Crippen LogP) is 4.49. The molecule has 0 bridgehead atoms. The van der Waals surface area contributed by atoms with Gasteiger partial charge in [0.1, 0.15) is 23.7 Å². The van der Waals surface area contributed by atoms with Gasteiger partial charge in [-0.2, -0.15) is 4.39 Å². The molecule has 1 aliphatic carbocycles. The molecule has 218 valence electrons. The number of benzene rings is 2. The van der Waals surface area contributed by atoms with Crippen LogP contribution in [0.25, 0.3) is 0 Å². The van der Waals surface area contributed by atoms with E-state index in [4.69, 9.17) is 14.2 Å². The van der Waals surface area contributed by atoms with Crippen LogP contribution in [0.2, 0.25) is 0 Å². The summed E-state index contributed by atoms with van der Waals surface area (Å²) in [6.45, 7) is 3.97. The second-order valence-electron chi connectivity index (χ2n) is 10.3. The number of rotatable bonds is 12. The Morgan fingerprint density at radius 3 is 2.37 bits per heavy atom. The van der Waals surface area contributed by atoms with Crippen molar-refractivity contribution in [3.8, 4) is 17.2 Å². The third-order valence-corrected chi connectivity index (χ3v) is 8.24. The van der Waals surface area contributed by atoms with Crippen LogP contribution in [-0.4, -0.2) is 57.1 Å². The van der Waals surface area contributed by atoms with Crippen LogP contribution < -0.4 is 18.9 Å². The molecule has 2 heterocycles. The molecule has 1 saturated carbocycles. The second kappa shape index (κ2) is 12.0. The van der Waals surface area contributed by atoms with Gasteiger partial charge in [-0.15, -0.1) is 0 Å². The Bertz CT molecular complexity index is 1490. The number of nitrogens with zero attached hydrogens (tertiary/aromatic N) is 2. The van der Waals surface area contributed by atoms with Crippen LogP contribution in [0.4, 0.5) is 8.78 Å². The Kier molecular flexibility index (Phi) is 8.41. The number of sulfonamides is 1. The summed E-state index contributed by atoms with van der Waals surface area (Å²) in [5.74, 6) is -3.01. The number of carbonyl (C=O) groups is 1. The highest BCUT2D eigenvalue weighted by molar-refractivity contribution is 7.90. The third-order valence-electron chi connectivity index (χ3n) is 6.90. The SMILES string of the molecule is CC[C@@H](Oc1ccc(C(=O)NS(=O)(=O)c2ccc(OC3CN(C)C3)cc2)c(F)c1F)c1ccc(OCC2CC2)cn1. The molecule has 41 heavy (non-hydrogen) atoms. The fourth-order valence-corrected chi connectivity index (χ4v) is 5.28. The fraction of sp³-hybridized carbons (Fsp3) is 0.379. The van der Waals surface area contributed by atoms with Gasteiger partial charge in [0.2, 0.25) is 5.82 Å². The molecule has 2 aromatic carbocycles. The maximum atomic E-state index is 15.0. The standard InChI is InChI=1S/C29H31F2N3O6S/c1-3-25(24-12-8-20(14-32-24)38-17-18-4-5-18)40-26-13-11-23(27(30)28(26)31)29(35)33-41(36,37)22-9-6-19(7-10-22)39-21-15-34(2)16-21/h6-14,18,21,25H,3-5,15-17H2,1-2H3,(H,33,35)/t25-/m1/s1. The molecule has 1 aliphatic heterocycles. The molecule has 1 N–H and O–H groups in total. The van der Waals surface area contributed by atoms with Gasteiger partial charge in [-0.3, -0.25) is 14.7 Å². The number of halogens is 2. The van der Waals surface area contributed by atoms with Crippen LogP contribution >= 0.6 is 0 Å². The summed E-state index contributed by atoms with van der Waals surface area (Å²) in [4.78, 5) is 18.8. The summed E-state index contributed by atoms with van der Waals surface area (Å²) >= 11 is 0. The number of carbonyl (C=O) groups excluding carboxylic acids is 1. The molecule has 1 amide bonds. The molecule has 0 spiro atoms. The molecule has 1 saturated heterocycles. The number of ether oxygens (including phenoxy) is 3. The van der Waals surface area contributed by atoms with Crippen molar-refractivity contribution in [2.24, 2.45) is 5.92 Å². The van der Waals surface area contributed by atoms with Crippen molar-refractivity contribution in [2.45, 2.75) is 43.3 Å². The summed E-state index contributed by atoms with van der Waals surface area (Å²) < 4.78 is 74.2. The van der Waals surface area contributed by atoms with Gasteiger partial charge in [0.05, 0.1) is 29.0 Å². The summed E-state index contributed by atoms with van der Waals surface area (Å²) in [6.07, 6.45) is 3.61. The Morgan fingerprint density at radius 2 is 1.76 bits per heavy atom. The van der Waals surface area contributed by atoms with Gasteiger partial charge in [-0.25, -0.2) is 17.5 Å². The lowest BCUT2D eigenvalue weighted by atomic mass is 10.1. The Morgan fingerprint density at radius 1 is 1.05 bits per heavy atom. The minimum atomic E-state index is -4.36. The van der Waals surface area contributed by atoms with Gasteiger partial charge in [-0.1, -0.05) is 6.92 Å². The lowest BCUT2D eigenvalue weighted by Crippen LogP contribution is -2.51. The molecule has 0 radical (unpaired) electrons. The Balaban J connectivity index is 1.23. The third kappa shape index (κ3) is 6.94. The lowest BCUT2D eigenvalue weighted by molar-refractivity contribution is 0.0388. The van der Waals surface area contributed by atoms with E-state index in [9.17, 15) is 22.0 Å². The van der Waals surface area contributed by atoms with E-state index in [1.54, 1.807) is 30.0 Å². The molecule has 0 unspecified atom stereocenters. The maximum absolute atomic E-state index is 15.0. The normalized spacial score (nSPS) is 16.5. The van der Waals surface area contributed by atoms with Gasteiger partial charge >= 0.3 is 0 Å². The lowest BCUT2D eigenvalue weighted by Gasteiger charge is -2.35. The van der Waals surface area contributed by atoms with Crippen molar-refractivity contribution in [1.82, 2.24) is 14.6 Å². The average Bonchev–Trinajstić information content (AvgIpc) is 3.77. The maximum Gasteiger partial charge on any atom is 0.268 e. The zero-order chi connectivity index (χ0) is 29.1. The molecule has 3 aromatic rings. The highest BCUT2D eigenvalue weighted by Crippen LogP contribution is 2.31. The van der Waals surface area contributed by atoms with E-state index in [2.05, 4.69) is 9.88 Å². The molecule has 5 rings (SSSR count). The van der Waals surface area contributed by atoms with E-state index in [0.717, 1.165) is 38.1 Å². The first kappa shape index (κ1) is 28.7. The summed E-state index contributed by atoms with van der Waals surface area (Å²) in [7, 11) is -2.41. The molecular weight excluding hydrogens is 556 g/mol. The van der Waals surface area contributed by atoms with Crippen molar-refractivity contribution in [1.29, 1.82) is 0 Å². The number of pyridine rings is 1. The molecule has 2 aliphatic rings. The highest BCUT2D eigenvalue weighted by Gasteiger charge is 2.27. The topological polar surface area (TPSA) is 107 Å². The van der Waals surface area contributed by atoms with Gasteiger partial charge in [0, 0.05) is 13.1 Å². The van der Waals surface area contributed by atoms with Crippen LogP contribution in [-0.2, 0) is 10.0 Å². The smallest absolute Gasteiger partial charge is 0.268 e. The number of likely N-dealkylation sites (tertiary alicyclic amines) is 1. The van der Waals surface area contributed by atoms with Crippen LogP contribution in [0, 0.1) is 17.6 Å². The van der Waals surface area contributed by atoms with Crippen molar-refractivity contribution in [3.63, 3.8) is 0 Å². The molecule has 2 fully saturated rings. The van der Waals surface area contributed by atoms with Crippen molar-refractivity contribution < 1.29 is 36.2 Å². The Hall–Kier alpha value is -3.77. The van der Waals surface area contributed by atoms with Crippen molar-refractivity contribution in [3.05, 3.63) is 77.6 Å². The minimum absolute atomic E-state index is 0.0209. The number of likely N-dealkylation sites (N-methyl/N-ethyl adjacent to an activating group) is 1. The number of amides is 1. The number of hydrogen-bond acceptors (Lipinski definition) is 8. The van der Waals surface area contributed by atoms with E-state index in [1.165, 1.54) is 24.3 Å². The van der Waals surface area contributed by atoms with Crippen LogP contribution in [0.1, 0.15) is 48.3 Å². The summed E-state index contributed by atoms with van der Waals surface area (Å²) in [6, 6.07) is 11.0. The van der Waals surface area contributed by atoms with Crippen molar-refractivity contribution >= 4 is 15.9 Å². The zero-order valence-electron chi connectivity index (χ0n) is 22.7. The quantitative estimate of drug-likeness (QED) is 0.331. The van der Waals surface area contributed by atoms with Crippen LogP contribution in [0.15, 0.2) is 59.6 Å². The summed E-state index contributed by atoms with van der Waals surface area (Å²) in [5, 5.41) is 0. The van der Waals surface area contributed by atoms with Gasteiger partial charge in [0.15, 0.2) is 11.6 Å². The van der Waals surface area contributed by atoms with Gasteiger partial charge in [-0.05, 0) is 80.8 Å². The van der Waals surface area contributed by atoms with Crippen LogP contribution in [0.5, 0.6) is 17.2 Å². The van der Waals surface area contributed by atoms with Gasteiger partial charge in [0.25, 0.3) is 15.9 Å². The van der Waals surface area contributed by atoms with Gasteiger partial charge < -0.3 is 14.2 Å². The van der Waals surface area contributed by atoms with E-state index < -0.39 is 45.0 Å². The van der Waals surface area contributed by atoms with Crippen LogP contribution in [0.3, 0.4) is 0 Å². The first-order valence-corrected chi connectivity index (χ1v) is 14.9. The van der Waals surface area contributed by atoms with Crippen molar-refractivity contribution in [2.75, 3.05) is 26.7 Å². The first-order valence-electron chi connectivity index (χ1n) is 13.4. The number of aromatic nitrogens is 1. The van der Waals surface area contributed by atoms with E-state index in [0.29, 0.717) is 36.1 Å².